The van der Waals surface area contributed by atoms with Crippen LogP contribution >= 0.6 is 0 Å². The fraction of sp³-hybridized carbons (Fsp3) is 0.500. The van der Waals surface area contributed by atoms with E-state index >= 15 is 0 Å². The number of aromatic nitrogens is 2. The molecule has 0 amide bonds. The van der Waals surface area contributed by atoms with Crippen molar-refractivity contribution in [2.24, 2.45) is 0 Å². The molecule has 0 spiro atoms. The molecule has 3 rings (SSSR count). The average molecular weight is 287 g/mol. The third-order valence-electron chi connectivity index (χ3n) is 3.88. The lowest BCUT2D eigenvalue weighted by molar-refractivity contribution is -0.107. The zero-order valence-electron chi connectivity index (χ0n) is 12.5. The molecule has 1 aliphatic heterocycles. The second-order valence-corrected chi connectivity index (χ2v) is 6.00. The zero-order valence-corrected chi connectivity index (χ0v) is 12.5. The van der Waals surface area contributed by atoms with E-state index in [0.29, 0.717) is 31.3 Å². The molecule has 1 aromatic heterocycles. The molecule has 1 aliphatic rings. The summed E-state index contributed by atoms with van der Waals surface area (Å²) in [6.07, 6.45) is 1.86. The number of benzene rings is 1. The summed E-state index contributed by atoms with van der Waals surface area (Å²) in [6.45, 7) is 6.14. The first kappa shape index (κ1) is 14.2. The number of β-amino-alcohol motifs (C(OH)–C–C–N with tert-alkyl or cyclic N) is 1. The highest BCUT2D eigenvalue weighted by atomic mass is 16.5. The Balaban J connectivity index is 1.60. The Morgan fingerprint density at radius 3 is 2.67 bits per heavy atom. The molecule has 2 aromatic rings. The van der Waals surface area contributed by atoms with Crippen LogP contribution in [-0.4, -0.2) is 38.8 Å². The normalized spacial score (nSPS) is 17.7. The van der Waals surface area contributed by atoms with E-state index in [1.54, 1.807) is 0 Å². The molecule has 5 nitrogen and oxygen atoms in total. The average Bonchev–Trinajstić information content (AvgIpc) is 2.87. The molecule has 1 aromatic carbocycles. The molecule has 1 fully saturated rings. The first-order valence-corrected chi connectivity index (χ1v) is 7.42. The summed E-state index contributed by atoms with van der Waals surface area (Å²) in [5.41, 5.74) is 1.62. The summed E-state index contributed by atoms with van der Waals surface area (Å²) in [7, 11) is 0. The van der Waals surface area contributed by atoms with Gasteiger partial charge in [-0.1, -0.05) is 36.2 Å². The van der Waals surface area contributed by atoms with E-state index in [4.69, 9.17) is 4.52 Å². The van der Waals surface area contributed by atoms with Crippen molar-refractivity contribution >= 4 is 0 Å². The predicted molar refractivity (Wildman–Crippen MR) is 79.6 cm³/mol. The van der Waals surface area contributed by atoms with E-state index in [9.17, 15) is 5.11 Å². The predicted octanol–water partition coefficient (Wildman–Crippen LogP) is 2.39. The molecule has 112 valence electrons. The van der Waals surface area contributed by atoms with Gasteiger partial charge in [-0.15, -0.1) is 0 Å². The number of likely N-dealkylation sites (tertiary alicyclic amines) is 1. The molecule has 0 unspecified atom stereocenters. The van der Waals surface area contributed by atoms with E-state index in [-0.39, 0.29) is 0 Å². The van der Waals surface area contributed by atoms with Gasteiger partial charge < -0.3 is 9.63 Å². The van der Waals surface area contributed by atoms with Crippen molar-refractivity contribution in [1.82, 2.24) is 15.0 Å². The first-order valence-electron chi connectivity index (χ1n) is 7.42. The van der Waals surface area contributed by atoms with Crippen molar-refractivity contribution in [3.05, 3.63) is 35.7 Å². The van der Waals surface area contributed by atoms with Gasteiger partial charge in [0, 0.05) is 18.7 Å². The third kappa shape index (κ3) is 3.14. The van der Waals surface area contributed by atoms with Gasteiger partial charge in [0.25, 0.3) is 5.89 Å². The molecule has 2 heterocycles. The molecule has 0 bridgehead atoms. The van der Waals surface area contributed by atoms with Gasteiger partial charge in [-0.3, -0.25) is 4.90 Å². The minimum Gasteiger partial charge on any atom is -0.387 e. The Labute approximate surface area is 124 Å². The summed E-state index contributed by atoms with van der Waals surface area (Å²) < 4.78 is 5.31. The molecular formula is C16H21N3O2. The van der Waals surface area contributed by atoms with E-state index < -0.39 is 5.60 Å². The minimum absolute atomic E-state index is 0.516. The Morgan fingerprint density at radius 2 is 2.00 bits per heavy atom. The maximum absolute atomic E-state index is 10.2. The number of rotatable bonds is 5. The molecule has 5 heteroatoms. The lowest BCUT2D eigenvalue weighted by Gasteiger charge is -2.46. The van der Waals surface area contributed by atoms with Crippen LogP contribution in [0.3, 0.4) is 0 Å². The third-order valence-corrected chi connectivity index (χ3v) is 3.88. The smallest absolute Gasteiger partial charge is 0.257 e. The summed E-state index contributed by atoms with van der Waals surface area (Å²) in [5.74, 6) is 1.22. The molecule has 0 radical (unpaired) electrons. The molecule has 0 atom stereocenters. The van der Waals surface area contributed by atoms with Gasteiger partial charge in [0.1, 0.15) is 0 Å². The van der Waals surface area contributed by atoms with Crippen LogP contribution in [0, 0.1) is 6.92 Å². The van der Waals surface area contributed by atoms with Crippen LogP contribution in [0.4, 0.5) is 0 Å². The number of nitrogens with zero attached hydrogens (tertiary/aromatic N) is 3. The van der Waals surface area contributed by atoms with Crippen LogP contribution in [0.1, 0.15) is 31.2 Å². The standard InChI is InChI=1S/C16H21N3O2/c1-3-8-16(20)10-19(11-16)9-14-17-15(21-18-14)13-6-4-12(2)5-7-13/h4-7,20H,3,8-11H2,1-2H3. The van der Waals surface area contributed by atoms with Gasteiger partial charge in [-0.2, -0.15) is 4.98 Å². The van der Waals surface area contributed by atoms with Crippen LogP contribution in [-0.2, 0) is 6.54 Å². The summed E-state index contributed by atoms with van der Waals surface area (Å²) in [5, 5.41) is 14.2. The maximum atomic E-state index is 10.2. The molecule has 0 saturated carbocycles. The van der Waals surface area contributed by atoms with Crippen molar-refractivity contribution < 1.29 is 9.63 Å². The van der Waals surface area contributed by atoms with Crippen molar-refractivity contribution in [2.45, 2.75) is 38.8 Å². The molecule has 1 saturated heterocycles. The molecule has 1 N–H and O–H groups in total. The van der Waals surface area contributed by atoms with Crippen LogP contribution in [0.5, 0.6) is 0 Å². The molecular weight excluding hydrogens is 266 g/mol. The van der Waals surface area contributed by atoms with Crippen LogP contribution in [0.25, 0.3) is 11.5 Å². The second-order valence-electron chi connectivity index (χ2n) is 6.00. The van der Waals surface area contributed by atoms with Crippen molar-refractivity contribution in [1.29, 1.82) is 0 Å². The van der Waals surface area contributed by atoms with Crippen molar-refractivity contribution in [3.8, 4) is 11.5 Å². The minimum atomic E-state index is -0.516. The quantitative estimate of drug-likeness (QED) is 0.915. The van der Waals surface area contributed by atoms with Gasteiger partial charge in [-0.25, -0.2) is 0 Å². The maximum Gasteiger partial charge on any atom is 0.257 e. The zero-order chi connectivity index (χ0) is 14.9. The SMILES string of the molecule is CCCC1(O)CN(Cc2noc(-c3ccc(C)cc3)n2)C1. The largest absolute Gasteiger partial charge is 0.387 e. The monoisotopic (exact) mass is 287 g/mol. The topological polar surface area (TPSA) is 62.4 Å². The summed E-state index contributed by atoms with van der Waals surface area (Å²) in [6, 6.07) is 8.02. The van der Waals surface area contributed by atoms with Gasteiger partial charge in [0.2, 0.25) is 0 Å². The van der Waals surface area contributed by atoms with Crippen molar-refractivity contribution in [2.75, 3.05) is 13.1 Å². The van der Waals surface area contributed by atoms with Crippen LogP contribution < -0.4 is 0 Å². The van der Waals surface area contributed by atoms with E-state index in [2.05, 4.69) is 22.0 Å². The lowest BCUT2D eigenvalue weighted by atomic mass is 9.89. The lowest BCUT2D eigenvalue weighted by Crippen LogP contribution is -2.61. The van der Waals surface area contributed by atoms with Crippen LogP contribution in [0.15, 0.2) is 28.8 Å². The Bertz CT molecular complexity index is 600. The fourth-order valence-corrected chi connectivity index (χ4v) is 2.85. The molecule has 21 heavy (non-hydrogen) atoms. The van der Waals surface area contributed by atoms with E-state index in [0.717, 1.165) is 18.4 Å². The fourth-order valence-electron chi connectivity index (χ4n) is 2.85. The Kier molecular flexibility index (Phi) is 3.78. The number of hydrogen-bond donors (Lipinski definition) is 1. The highest BCUT2D eigenvalue weighted by Crippen LogP contribution is 2.27. The highest BCUT2D eigenvalue weighted by Gasteiger charge is 2.40. The first-order chi connectivity index (χ1) is 10.1. The molecule has 0 aliphatic carbocycles. The van der Waals surface area contributed by atoms with Gasteiger partial charge in [-0.05, 0) is 25.5 Å². The Hall–Kier alpha value is -1.72. The van der Waals surface area contributed by atoms with Gasteiger partial charge in [0.05, 0.1) is 12.1 Å². The highest BCUT2D eigenvalue weighted by molar-refractivity contribution is 5.53. The second kappa shape index (κ2) is 5.58. The summed E-state index contributed by atoms with van der Waals surface area (Å²) in [4.78, 5) is 6.56. The van der Waals surface area contributed by atoms with Crippen molar-refractivity contribution in [3.63, 3.8) is 0 Å². The number of hydrogen-bond acceptors (Lipinski definition) is 5. The summed E-state index contributed by atoms with van der Waals surface area (Å²) >= 11 is 0. The van der Waals surface area contributed by atoms with E-state index in [1.165, 1.54) is 5.56 Å². The van der Waals surface area contributed by atoms with Gasteiger partial charge in [0.15, 0.2) is 5.82 Å². The number of aliphatic hydroxyl groups is 1. The van der Waals surface area contributed by atoms with Gasteiger partial charge >= 0.3 is 0 Å². The number of aryl methyl sites for hydroxylation is 1. The van der Waals surface area contributed by atoms with Crippen LogP contribution in [0.2, 0.25) is 0 Å². The van der Waals surface area contributed by atoms with E-state index in [1.807, 2.05) is 31.2 Å². The Morgan fingerprint density at radius 1 is 1.29 bits per heavy atom.